The lowest BCUT2D eigenvalue weighted by Crippen LogP contribution is -2.56. The predicted octanol–water partition coefficient (Wildman–Crippen LogP) is -0.285. The molecular weight excluding hydrogens is 262 g/mol. The summed E-state index contributed by atoms with van der Waals surface area (Å²) in [5.41, 5.74) is 5.79. The topological polar surface area (TPSA) is 97.8 Å². The smallest absolute Gasteiger partial charge is 0.341 e. The number of esters is 1. The van der Waals surface area contributed by atoms with Crippen LogP contribution < -0.4 is 11.1 Å². The number of primary amides is 1. The summed E-state index contributed by atoms with van der Waals surface area (Å²) in [7, 11) is 0. The third-order valence-corrected chi connectivity index (χ3v) is 3.27. The van der Waals surface area contributed by atoms with Gasteiger partial charge < -0.3 is 20.2 Å². The molecule has 7 heteroatoms. The number of ether oxygens (including phenoxy) is 1. The third kappa shape index (κ3) is 3.17. The molecule has 0 radical (unpaired) electrons. The normalized spacial score (nSPS) is 19.8. The van der Waals surface area contributed by atoms with Crippen molar-refractivity contribution in [2.75, 3.05) is 26.2 Å². The Bertz CT molecular complexity index is 486. The van der Waals surface area contributed by atoms with E-state index in [1.54, 1.807) is 13.0 Å². The lowest BCUT2D eigenvalue weighted by molar-refractivity contribution is -0.124. The summed E-state index contributed by atoms with van der Waals surface area (Å²) in [6, 6.07) is 1.18. The third-order valence-electron chi connectivity index (χ3n) is 3.27. The largest absolute Gasteiger partial charge is 0.467 e. The number of furan rings is 1. The van der Waals surface area contributed by atoms with Crippen molar-refractivity contribution in [2.24, 2.45) is 5.73 Å². The second-order valence-corrected chi connectivity index (χ2v) is 4.57. The van der Waals surface area contributed by atoms with Gasteiger partial charge in [0.15, 0.2) is 0 Å². The monoisotopic (exact) mass is 281 g/mol. The second-order valence-electron chi connectivity index (χ2n) is 4.57. The fourth-order valence-corrected chi connectivity index (χ4v) is 2.25. The van der Waals surface area contributed by atoms with Crippen LogP contribution in [-0.4, -0.2) is 49.1 Å². The first-order valence-electron chi connectivity index (χ1n) is 6.61. The van der Waals surface area contributed by atoms with Gasteiger partial charge in [0.05, 0.1) is 19.4 Å². The van der Waals surface area contributed by atoms with Gasteiger partial charge in [0.2, 0.25) is 5.91 Å². The van der Waals surface area contributed by atoms with E-state index < -0.39 is 12.0 Å². The fraction of sp³-hybridized carbons (Fsp3) is 0.538. The summed E-state index contributed by atoms with van der Waals surface area (Å²) >= 11 is 0. The Hall–Kier alpha value is -1.86. The van der Waals surface area contributed by atoms with Gasteiger partial charge in [0.25, 0.3) is 0 Å². The van der Waals surface area contributed by atoms with E-state index >= 15 is 0 Å². The Balaban J connectivity index is 2.11. The zero-order valence-electron chi connectivity index (χ0n) is 11.4. The van der Waals surface area contributed by atoms with E-state index in [0.717, 1.165) is 6.54 Å². The van der Waals surface area contributed by atoms with Gasteiger partial charge in [-0.05, 0) is 13.0 Å². The van der Waals surface area contributed by atoms with E-state index in [4.69, 9.17) is 14.9 Å². The second kappa shape index (κ2) is 6.53. The summed E-state index contributed by atoms with van der Waals surface area (Å²) in [6.07, 6.45) is 1.45. The van der Waals surface area contributed by atoms with Crippen molar-refractivity contribution in [2.45, 2.75) is 19.5 Å². The van der Waals surface area contributed by atoms with Gasteiger partial charge in [-0.1, -0.05) is 0 Å². The standard InChI is InChI=1S/C13H19N3O4/c1-2-19-13(18)9-3-6-20-11(9)8-16-5-4-15-7-10(16)12(14)17/h3,6,10,15H,2,4-5,7-8H2,1H3,(H2,14,17). The first-order valence-corrected chi connectivity index (χ1v) is 6.61. The highest BCUT2D eigenvalue weighted by atomic mass is 16.5. The number of nitrogens with two attached hydrogens (primary N) is 1. The summed E-state index contributed by atoms with van der Waals surface area (Å²) in [4.78, 5) is 25.1. The van der Waals surface area contributed by atoms with E-state index in [1.165, 1.54) is 6.26 Å². The van der Waals surface area contributed by atoms with Crippen LogP contribution >= 0.6 is 0 Å². The van der Waals surface area contributed by atoms with Crippen molar-refractivity contribution in [3.63, 3.8) is 0 Å². The number of hydrogen-bond donors (Lipinski definition) is 2. The molecule has 20 heavy (non-hydrogen) atoms. The van der Waals surface area contributed by atoms with Gasteiger partial charge in [-0.25, -0.2) is 4.79 Å². The highest BCUT2D eigenvalue weighted by molar-refractivity contribution is 5.90. The van der Waals surface area contributed by atoms with Gasteiger partial charge in [-0.15, -0.1) is 0 Å². The molecule has 110 valence electrons. The van der Waals surface area contributed by atoms with Crippen molar-refractivity contribution in [3.05, 3.63) is 23.7 Å². The van der Waals surface area contributed by atoms with Crippen LogP contribution in [-0.2, 0) is 16.1 Å². The Morgan fingerprint density at radius 2 is 2.40 bits per heavy atom. The minimum atomic E-state index is -0.415. The molecule has 2 heterocycles. The molecule has 0 bridgehead atoms. The molecule has 1 amide bonds. The van der Waals surface area contributed by atoms with Crippen LogP contribution in [0.3, 0.4) is 0 Å². The first kappa shape index (κ1) is 14.5. The average Bonchev–Trinajstić information content (AvgIpc) is 2.87. The van der Waals surface area contributed by atoms with E-state index in [9.17, 15) is 9.59 Å². The zero-order chi connectivity index (χ0) is 14.5. The molecule has 0 aliphatic carbocycles. The SMILES string of the molecule is CCOC(=O)c1ccoc1CN1CCNCC1C(N)=O. The summed E-state index contributed by atoms with van der Waals surface area (Å²) < 4.78 is 10.3. The molecule has 2 rings (SSSR count). The molecule has 1 aromatic rings. The average molecular weight is 281 g/mol. The molecule has 3 N–H and O–H groups in total. The number of hydrogen-bond acceptors (Lipinski definition) is 6. The van der Waals surface area contributed by atoms with E-state index in [2.05, 4.69) is 5.32 Å². The van der Waals surface area contributed by atoms with E-state index in [1.807, 2.05) is 4.90 Å². The lowest BCUT2D eigenvalue weighted by Gasteiger charge is -2.33. The van der Waals surface area contributed by atoms with Crippen LogP contribution in [0.5, 0.6) is 0 Å². The molecule has 1 aromatic heterocycles. The van der Waals surface area contributed by atoms with Crippen LogP contribution in [0.2, 0.25) is 0 Å². The van der Waals surface area contributed by atoms with Crippen molar-refractivity contribution in [3.8, 4) is 0 Å². The van der Waals surface area contributed by atoms with Crippen molar-refractivity contribution in [1.29, 1.82) is 0 Å². The number of carbonyl (C=O) groups is 2. The van der Waals surface area contributed by atoms with Crippen LogP contribution in [0.4, 0.5) is 0 Å². The predicted molar refractivity (Wildman–Crippen MR) is 70.9 cm³/mol. The number of amides is 1. The van der Waals surface area contributed by atoms with Gasteiger partial charge in [-0.2, -0.15) is 0 Å². The van der Waals surface area contributed by atoms with Crippen LogP contribution in [0, 0.1) is 0 Å². The van der Waals surface area contributed by atoms with Gasteiger partial charge in [0.1, 0.15) is 17.4 Å². The molecule has 1 unspecified atom stereocenters. The van der Waals surface area contributed by atoms with Crippen LogP contribution in [0.25, 0.3) is 0 Å². The molecular formula is C13H19N3O4. The molecule has 1 aliphatic rings. The van der Waals surface area contributed by atoms with Crippen molar-refractivity contribution >= 4 is 11.9 Å². The fourth-order valence-electron chi connectivity index (χ4n) is 2.25. The first-order chi connectivity index (χ1) is 9.63. The van der Waals surface area contributed by atoms with E-state index in [-0.39, 0.29) is 5.91 Å². The molecule has 0 spiro atoms. The molecule has 1 atom stereocenters. The minimum Gasteiger partial charge on any atom is -0.467 e. The van der Waals surface area contributed by atoms with Gasteiger partial charge in [0, 0.05) is 19.6 Å². The van der Waals surface area contributed by atoms with Crippen LogP contribution in [0.15, 0.2) is 16.7 Å². The molecule has 1 fully saturated rings. The Morgan fingerprint density at radius 1 is 1.60 bits per heavy atom. The number of rotatable bonds is 5. The summed E-state index contributed by atoms with van der Waals surface area (Å²) in [5, 5.41) is 3.12. The molecule has 0 saturated carbocycles. The van der Waals surface area contributed by atoms with Gasteiger partial charge in [-0.3, -0.25) is 9.69 Å². The van der Waals surface area contributed by atoms with Crippen molar-refractivity contribution < 1.29 is 18.7 Å². The number of piperazine rings is 1. The number of nitrogens with zero attached hydrogens (tertiary/aromatic N) is 1. The maximum atomic E-state index is 11.8. The Morgan fingerprint density at radius 3 is 3.10 bits per heavy atom. The summed E-state index contributed by atoms with van der Waals surface area (Å²) in [6.45, 7) is 4.34. The highest BCUT2D eigenvalue weighted by Gasteiger charge is 2.29. The molecule has 7 nitrogen and oxygen atoms in total. The van der Waals surface area contributed by atoms with Crippen LogP contribution in [0.1, 0.15) is 23.0 Å². The Kier molecular flexibility index (Phi) is 4.75. The summed E-state index contributed by atoms with van der Waals surface area (Å²) in [5.74, 6) is -0.306. The Labute approximate surface area is 117 Å². The molecule has 1 aliphatic heterocycles. The van der Waals surface area contributed by atoms with Crippen molar-refractivity contribution in [1.82, 2.24) is 10.2 Å². The quantitative estimate of drug-likeness (QED) is 0.720. The number of carbonyl (C=O) groups excluding carboxylic acids is 2. The minimum absolute atomic E-state index is 0.307. The van der Waals surface area contributed by atoms with Gasteiger partial charge >= 0.3 is 5.97 Å². The molecule has 1 saturated heterocycles. The zero-order valence-corrected chi connectivity index (χ0v) is 11.4. The maximum Gasteiger partial charge on any atom is 0.341 e. The number of nitrogens with one attached hydrogen (secondary N) is 1. The molecule has 0 aromatic carbocycles. The maximum absolute atomic E-state index is 11.8. The highest BCUT2D eigenvalue weighted by Crippen LogP contribution is 2.17. The van der Waals surface area contributed by atoms with E-state index in [0.29, 0.717) is 37.6 Å². The lowest BCUT2D eigenvalue weighted by atomic mass is 10.1.